The molecule has 0 spiro atoms. The normalized spacial score (nSPS) is 13.4. The van der Waals surface area contributed by atoms with E-state index >= 15 is 0 Å². The molecule has 8 heteroatoms. The van der Waals surface area contributed by atoms with Crippen molar-refractivity contribution in [2.45, 2.75) is 43.9 Å². The van der Waals surface area contributed by atoms with Gasteiger partial charge in [-0.1, -0.05) is 13.0 Å². The quantitative estimate of drug-likeness (QED) is 0.643. The van der Waals surface area contributed by atoms with E-state index in [4.69, 9.17) is 9.47 Å². The van der Waals surface area contributed by atoms with Crippen molar-refractivity contribution in [3.63, 3.8) is 0 Å². The van der Waals surface area contributed by atoms with Gasteiger partial charge in [0.05, 0.1) is 18.6 Å². The summed E-state index contributed by atoms with van der Waals surface area (Å²) in [7, 11) is -2.39. The molecule has 0 saturated carbocycles. The number of benzene rings is 2. The number of hydrogen-bond donors (Lipinski definition) is 2. The van der Waals surface area contributed by atoms with Crippen LogP contribution in [0.15, 0.2) is 41.3 Å². The number of amides is 1. The first kappa shape index (κ1) is 21.1. The van der Waals surface area contributed by atoms with Gasteiger partial charge < -0.3 is 9.47 Å². The monoisotopic (exact) mass is 418 g/mol. The van der Waals surface area contributed by atoms with Gasteiger partial charge in [0.15, 0.2) is 11.5 Å². The molecule has 3 rings (SSSR count). The smallest absolute Gasteiger partial charge is 0.266 e. The second-order valence-corrected chi connectivity index (χ2v) is 8.59. The highest BCUT2D eigenvalue weighted by Crippen LogP contribution is 2.28. The number of sulfonamides is 1. The molecular formula is C21H26N2O5S. The molecule has 7 nitrogen and oxygen atoms in total. The molecule has 0 bridgehead atoms. The van der Waals surface area contributed by atoms with Crippen LogP contribution >= 0.6 is 0 Å². The Balaban J connectivity index is 1.69. The Morgan fingerprint density at radius 1 is 1.03 bits per heavy atom. The average molecular weight is 419 g/mol. The van der Waals surface area contributed by atoms with Crippen LogP contribution in [0.2, 0.25) is 0 Å². The predicted octanol–water partition coefficient (Wildman–Crippen LogP) is 2.99. The number of nitrogens with one attached hydrogen (secondary N) is 2. The topological polar surface area (TPSA) is 93.7 Å². The van der Waals surface area contributed by atoms with Crippen LogP contribution in [0.3, 0.4) is 0 Å². The molecule has 0 radical (unpaired) electrons. The number of fused-ring (bicyclic) bond motifs is 1. The molecule has 2 N–H and O–H groups in total. The van der Waals surface area contributed by atoms with Crippen LogP contribution in [0.1, 0.15) is 47.7 Å². The summed E-state index contributed by atoms with van der Waals surface area (Å²) in [6, 6.07) is 9.79. The number of hydrogen-bond acceptors (Lipinski definition) is 5. The van der Waals surface area contributed by atoms with Gasteiger partial charge in [-0.15, -0.1) is 4.83 Å². The number of aryl methyl sites for hydroxylation is 2. The standard InChI is InChI=1S/C21H26N2O5S/c1-3-12-28-19-11-9-17(14-20(19)27-2)21(24)22-23-29(25,26)18-10-8-15-6-4-5-7-16(15)13-18/h8-11,13-14,23H,3-7,12H2,1-2H3,(H,22,24). The predicted molar refractivity (Wildman–Crippen MR) is 110 cm³/mol. The van der Waals surface area contributed by atoms with Gasteiger partial charge in [-0.2, -0.15) is 0 Å². The van der Waals surface area contributed by atoms with Crippen molar-refractivity contribution in [3.8, 4) is 11.5 Å². The van der Waals surface area contributed by atoms with Crippen LogP contribution in [0.5, 0.6) is 11.5 Å². The summed E-state index contributed by atoms with van der Waals surface area (Å²) in [6.07, 6.45) is 4.87. The number of methoxy groups -OCH3 is 1. The van der Waals surface area contributed by atoms with Gasteiger partial charge in [-0.05, 0) is 73.6 Å². The molecular weight excluding hydrogens is 392 g/mol. The van der Waals surface area contributed by atoms with Gasteiger partial charge in [0.2, 0.25) is 0 Å². The molecule has 1 aliphatic carbocycles. The SMILES string of the molecule is CCCOc1ccc(C(=O)NNS(=O)(=O)c2ccc3c(c2)CCCC3)cc1OC. The molecule has 0 atom stereocenters. The van der Waals surface area contributed by atoms with E-state index in [-0.39, 0.29) is 10.5 Å². The highest BCUT2D eigenvalue weighted by Gasteiger charge is 2.19. The Hall–Kier alpha value is -2.58. The van der Waals surface area contributed by atoms with Crippen molar-refractivity contribution in [2.24, 2.45) is 0 Å². The van der Waals surface area contributed by atoms with Crippen molar-refractivity contribution >= 4 is 15.9 Å². The van der Waals surface area contributed by atoms with E-state index in [9.17, 15) is 13.2 Å². The minimum atomic E-state index is -3.87. The van der Waals surface area contributed by atoms with E-state index in [1.165, 1.54) is 18.7 Å². The fourth-order valence-corrected chi connectivity index (χ4v) is 4.15. The van der Waals surface area contributed by atoms with Gasteiger partial charge in [0, 0.05) is 5.56 Å². The maximum atomic E-state index is 12.6. The average Bonchev–Trinajstić information content (AvgIpc) is 2.75. The highest BCUT2D eigenvalue weighted by molar-refractivity contribution is 7.89. The third kappa shape index (κ3) is 5.07. The summed E-state index contributed by atoms with van der Waals surface area (Å²) < 4.78 is 36.0. The fourth-order valence-electron chi connectivity index (χ4n) is 3.26. The summed E-state index contributed by atoms with van der Waals surface area (Å²) >= 11 is 0. The molecule has 2 aromatic rings. The Morgan fingerprint density at radius 3 is 2.52 bits per heavy atom. The zero-order chi connectivity index (χ0) is 20.9. The maximum absolute atomic E-state index is 12.6. The van der Waals surface area contributed by atoms with Gasteiger partial charge in [-0.25, -0.2) is 8.42 Å². The number of rotatable bonds is 8. The van der Waals surface area contributed by atoms with Crippen LogP contribution in [0.25, 0.3) is 0 Å². The minimum Gasteiger partial charge on any atom is -0.493 e. The Kier molecular flexibility index (Phi) is 6.76. The molecule has 2 aromatic carbocycles. The zero-order valence-electron chi connectivity index (χ0n) is 16.7. The van der Waals surface area contributed by atoms with E-state index in [0.717, 1.165) is 37.7 Å². The lowest BCUT2D eigenvalue weighted by atomic mass is 9.92. The lowest BCUT2D eigenvalue weighted by Gasteiger charge is -2.17. The fraction of sp³-hybridized carbons (Fsp3) is 0.381. The van der Waals surface area contributed by atoms with Crippen LogP contribution < -0.4 is 19.7 Å². The van der Waals surface area contributed by atoms with Crippen molar-refractivity contribution in [3.05, 3.63) is 53.1 Å². The molecule has 29 heavy (non-hydrogen) atoms. The lowest BCUT2D eigenvalue weighted by molar-refractivity contribution is 0.0944. The number of ether oxygens (including phenoxy) is 2. The first-order valence-electron chi connectivity index (χ1n) is 9.69. The molecule has 0 unspecified atom stereocenters. The van der Waals surface area contributed by atoms with Crippen molar-refractivity contribution < 1.29 is 22.7 Å². The molecule has 1 aliphatic rings. The van der Waals surface area contributed by atoms with E-state index in [1.54, 1.807) is 24.3 Å². The second kappa shape index (κ2) is 9.28. The summed E-state index contributed by atoms with van der Waals surface area (Å²) in [5, 5.41) is 0. The molecule has 0 fully saturated rings. The third-order valence-corrected chi connectivity index (χ3v) is 6.06. The zero-order valence-corrected chi connectivity index (χ0v) is 17.5. The first-order valence-corrected chi connectivity index (χ1v) is 11.2. The Bertz CT molecular complexity index is 989. The molecule has 0 aromatic heterocycles. The summed E-state index contributed by atoms with van der Waals surface area (Å²) in [6.45, 7) is 2.52. The van der Waals surface area contributed by atoms with Gasteiger partial charge in [-0.3, -0.25) is 10.2 Å². The second-order valence-electron chi connectivity index (χ2n) is 6.91. The summed E-state index contributed by atoms with van der Waals surface area (Å²) in [5.74, 6) is 0.344. The molecule has 0 saturated heterocycles. The van der Waals surface area contributed by atoms with Crippen molar-refractivity contribution in [1.29, 1.82) is 0 Å². The van der Waals surface area contributed by atoms with Crippen molar-refractivity contribution in [1.82, 2.24) is 10.3 Å². The van der Waals surface area contributed by atoms with E-state index in [2.05, 4.69) is 10.3 Å². The largest absolute Gasteiger partial charge is 0.493 e. The highest BCUT2D eigenvalue weighted by atomic mass is 32.2. The van der Waals surface area contributed by atoms with Crippen LogP contribution in [0, 0.1) is 0 Å². The maximum Gasteiger partial charge on any atom is 0.266 e. The molecule has 156 valence electrons. The third-order valence-electron chi connectivity index (χ3n) is 4.82. The van der Waals surface area contributed by atoms with Crippen LogP contribution in [0.4, 0.5) is 0 Å². The van der Waals surface area contributed by atoms with Crippen LogP contribution in [-0.2, 0) is 22.9 Å². The Labute approximate surface area is 171 Å². The number of carbonyl (C=O) groups is 1. The van der Waals surface area contributed by atoms with Gasteiger partial charge in [0.25, 0.3) is 15.9 Å². The lowest BCUT2D eigenvalue weighted by Crippen LogP contribution is -2.41. The molecule has 1 amide bonds. The summed E-state index contributed by atoms with van der Waals surface area (Å²) in [4.78, 5) is 14.7. The van der Waals surface area contributed by atoms with E-state index in [0.29, 0.717) is 18.1 Å². The number of hydrazine groups is 1. The van der Waals surface area contributed by atoms with Crippen LogP contribution in [-0.4, -0.2) is 28.0 Å². The van der Waals surface area contributed by atoms with E-state index < -0.39 is 15.9 Å². The Morgan fingerprint density at radius 2 is 1.79 bits per heavy atom. The minimum absolute atomic E-state index is 0.138. The number of carbonyl (C=O) groups excluding carboxylic acids is 1. The van der Waals surface area contributed by atoms with E-state index in [1.807, 2.05) is 13.0 Å². The van der Waals surface area contributed by atoms with Crippen molar-refractivity contribution in [2.75, 3.05) is 13.7 Å². The molecule has 0 heterocycles. The summed E-state index contributed by atoms with van der Waals surface area (Å²) in [5.41, 5.74) is 4.75. The first-order chi connectivity index (χ1) is 13.9. The molecule has 0 aliphatic heterocycles. The van der Waals surface area contributed by atoms with Gasteiger partial charge >= 0.3 is 0 Å². The van der Waals surface area contributed by atoms with Gasteiger partial charge in [0.1, 0.15) is 0 Å².